The molecule has 0 bridgehead atoms. The number of ether oxygens (including phenoxy) is 1. The molecule has 0 N–H and O–H groups in total. The SMILES string of the molecule is COc1ccc(-c2nnc(SCc3cccc4ccccc34)n2Cc2ccco2)cc1. The van der Waals surface area contributed by atoms with Crippen molar-refractivity contribution in [3.05, 3.63) is 96.4 Å². The normalized spacial score (nSPS) is 11.1. The van der Waals surface area contributed by atoms with Gasteiger partial charge in [-0.05, 0) is 52.7 Å². The highest BCUT2D eigenvalue weighted by molar-refractivity contribution is 7.98. The van der Waals surface area contributed by atoms with Gasteiger partial charge in [0.1, 0.15) is 11.5 Å². The number of aromatic nitrogens is 3. The molecule has 2 heterocycles. The molecule has 0 atom stereocenters. The van der Waals surface area contributed by atoms with Gasteiger partial charge in [-0.3, -0.25) is 4.57 Å². The maximum Gasteiger partial charge on any atom is 0.192 e. The quantitative estimate of drug-likeness (QED) is 0.296. The van der Waals surface area contributed by atoms with Gasteiger partial charge in [0.25, 0.3) is 0 Å². The van der Waals surface area contributed by atoms with E-state index in [0.717, 1.165) is 33.8 Å². The van der Waals surface area contributed by atoms with Crippen molar-refractivity contribution in [3.8, 4) is 17.1 Å². The molecule has 0 saturated heterocycles. The molecule has 0 spiro atoms. The molecule has 5 rings (SSSR count). The number of fused-ring (bicyclic) bond motifs is 1. The summed E-state index contributed by atoms with van der Waals surface area (Å²) in [5.74, 6) is 3.28. The van der Waals surface area contributed by atoms with E-state index in [-0.39, 0.29) is 0 Å². The molecular formula is C25H21N3O2S. The fraction of sp³-hybridized carbons (Fsp3) is 0.120. The predicted octanol–water partition coefficient (Wildman–Crippen LogP) is 6.04. The van der Waals surface area contributed by atoms with Crippen LogP contribution in [0.25, 0.3) is 22.2 Å². The van der Waals surface area contributed by atoms with Crippen LogP contribution in [0, 0.1) is 0 Å². The lowest BCUT2D eigenvalue weighted by molar-refractivity contribution is 0.415. The Morgan fingerprint density at radius 3 is 2.55 bits per heavy atom. The van der Waals surface area contributed by atoms with Crippen molar-refractivity contribution in [2.75, 3.05) is 7.11 Å². The summed E-state index contributed by atoms with van der Waals surface area (Å²) in [5, 5.41) is 12.4. The molecule has 5 aromatic rings. The van der Waals surface area contributed by atoms with Gasteiger partial charge in [0.15, 0.2) is 11.0 Å². The van der Waals surface area contributed by atoms with E-state index < -0.39 is 0 Å². The van der Waals surface area contributed by atoms with E-state index in [2.05, 4.69) is 57.2 Å². The van der Waals surface area contributed by atoms with Crippen LogP contribution in [0.4, 0.5) is 0 Å². The second-order valence-electron chi connectivity index (χ2n) is 7.13. The molecule has 0 fully saturated rings. The standard InChI is InChI=1S/C25H21N3O2S/c1-29-21-13-11-19(12-14-21)24-26-27-25(28(24)16-22-9-5-15-30-22)31-17-20-8-4-7-18-6-2-3-10-23(18)20/h2-15H,16-17H2,1H3. The molecule has 3 aromatic carbocycles. The van der Waals surface area contributed by atoms with Gasteiger partial charge in [0, 0.05) is 11.3 Å². The van der Waals surface area contributed by atoms with Crippen LogP contribution in [0.5, 0.6) is 5.75 Å². The van der Waals surface area contributed by atoms with Crippen molar-refractivity contribution < 1.29 is 9.15 Å². The second-order valence-corrected chi connectivity index (χ2v) is 8.07. The molecule has 0 saturated carbocycles. The number of hydrogen-bond acceptors (Lipinski definition) is 5. The molecule has 154 valence electrons. The second kappa shape index (κ2) is 8.70. The molecule has 0 radical (unpaired) electrons. The smallest absolute Gasteiger partial charge is 0.192 e. The van der Waals surface area contributed by atoms with Crippen LogP contribution in [0.15, 0.2) is 94.7 Å². The third kappa shape index (κ3) is 4.07. The van der Waals surface area contributed by atoms with Crippen molar-refractivity contribution in [2.45, 2.75) is 17.5 Å². The Morgan fingerprint density at radius 2 is 1.74 bits per heavy atom. The highest BCUT2D eigenvalue weighted by Crippen LogP contribution is 2.30. The van der Waals surface area contributed by atoms with Gasteiger partial charge in [-0.1, -0.05) is 54.2 Å². The van der Waals surface area contributed by atoms with Gasteiger partial charge in [0.2, 0.25) is 0 Å². The summed E-state index contributed by atoms with van der Waals surface area (Å²) in [6.07, 6.45) is 1.69. The first-order valence-corrected chi connectivity index (χ1v) is 11.0. The van der Waals surface area contributed by atoms with Crippen molar-refractivity contribution in [2.24, 2.45) is 0 Å². The van der Waals surface area contributed by atoms with Crippen LogP contribution >= 0.6 is 11.8 Å². The average molecular weight is 428 g/mol. The van der Waals surface area contributed by atoms with E-state index in [1.807, 2.05) is 36.4 Å². The Labute approximate surface area is 184 Å². The molecule has 0 unspecified atom stereocenters. The first-order chi connectivity index (χ1) is 15.3. The van der Waals surface area contributed by atoms with E-state index in [9.17, 15) is 0 Å². The Balaban J connectivity index is 1.48. The summed E-state index contributed by atoms with van der Waals surface area (Å²) in [6, 6.07) is 26.6. The number of nitrogens with zero attached hydrogens (tertiary/aromatic N) is 3. The first-order valence-electron chi connectivity index (χ1n) is 10.0. The van der Waals surface area contributed by atoms with Crippen molar-refractivity contribution in [1.82, 2.24) is 14.8 Å². The molecule has 0 aliphatic heterocycles. The topological polar surface area (TPSA) is 53.1 Å². The molecule has 2 aromatic heterocycles. The van der Waals surface area contributed by atoms with E-state index in [0.29, 0.717) is 6.54 Å². The van der Waals surface area contributed by atoms with Gasteiger partial charge >= 0.3 is 0 Å². The number of hydrogen-bond donors (Lipinski definition) is 0. The monoisotopic (exact) mass is 427 g/mol. The zero-order chi connectivity index (χ0) is 21.0. The Hall–Kier alpha value is -3.51. The summed E-state index contributed by atoms with van der Waals surface area (Å²) in [7, 11) is 1.66. The van der Waals surface area contributed by atoms with Crippen LogP contribution < -0.4 is 4.74 Å². The molecule has 5 nitrogen and oxygen atoms in total. The summed E-state index contributed by atoms with van der Waals surface area (Å²) < 4.78 is 13.0. The lowest BCUT2D eigenvalue weighted by Crippen LogP contribution is -2.03. The number of furan rings is 1. The Bertz CT molecular complexity index is 1290. The number of rotatable bonds is 7. The number of thioether (sulfide) groups is 1. The van der Waals surface area contributed by atoms with Gasteiger partial charge < -0.3 is 9.15 Å². The molecule has 31 heavy (non-hydrogen) atoms. The summed E-state index contributed by atoms with van der Waals surface area (Å²) in [6.45, 7) is 0.569. The molecular weight excluding hydrogens is 406 g/mol. The van der Waals surface area contributed by atoms with Crippen LogP contribution in [0.3, 0.4) is 0 Å². The van der Waals surface area contributed by atoms with Gasteiger partial charge in [-0.2, -0.15) is 0 Å². The minimum absolute atomic E-state index is 0.569. The zero-order valence-electron chi connectivity index (χ0n) is 17.1. The lowest BCUT2D eigenvalue weighted by atomic mass is 10.1. The highest BCUT2D eigenvalue weighted by atomic mass is 32.2. The molecule has 0 aliphatic carbocycles. The van der Waals surface area contributed by atoms with E-state index in [4.69, 9.17) is 9.15 Å². The van der Waals surface area contributed by atoms with Crippen LogP contribution in [-0.4, -0.2) is 21.9 Å². The minimum Gasteiger partial charge on any atom is -0.497 e. The molecule has 0 amide bonds. The average Bonchev–Trinajstić information content (AvgIpc) is 3.48. The third-order valence-corrected chi connectivity index (χ3v) is 6.21. The summed E-state index contributed by atoms with van der Waals surface area (Å²) >= 11 is 1.68. The first kappa shape index (κ1) is 19.5. The van der Waals surface area contributed by atoms with E-state index in [1.54, 1.807) is 25.1 Å². The van der Waals surface area contributed by atoms with Gasteiger partial charge in [-0.15, -0.1) is 10.2 Å². The number of methoxy groups -OCH3 is 1. The fourth-order valence-electron chi connectivity index (χ4n) is 3.61. The van der Waals surface area contributed by atoms with Crippen LogP contribution in [0.2, 0.25) is 0 Å². The van der Waals surface area contributed by atoms with Crippen molar-refractivity contribution in [1.29, 1.82) is 0 Å². The zero-order valence-corrected chi connectivity index (χ0v) is 17.9. The van der Waals surface area contributed by atoms with Crippen molar-refractivity contribution in [3.63, 3.8) is 0 Å². The fourth-order valence-corrected chi connectivity index (χ4v) is 4.55. The molecule has 0 aliphatic rings. The third-order valence-electron chi connectivity index (χ3n) is 5.20. The maximum atomic E-state index is 5.60. The van der Waals surface area contributed by atoms with E-state index in [1.165, 1.54) is 16.3 Å². The largest absolute Gasteiger partial charge is 0.497 e. The predicted molar refractivity (Wildman–Crippen MR) is 123 cm³/mol. The van der Waals surface area contributed by atoms with Crippen LogP contribution in [-0.2, 0) is 12.3 Å². The lowest BCUT2D eigenvalue weighted by Gasteiger charge is -2.10. The number of benzene rings is 3. The summed E-state index contributed by atoms with van der Waals surface area (Å²) in [4.78, 5) is 0. The van der Waals surface area contributed by atoms with Gasteiger partial charge in [-0.25, -0.2) is 0 Å². The van der Waals surface area contributed by atoms with E-state index >= 15 is 0 Å². The van der Waals surface area contributed by atoms with Crippen molar-refractivity contribution >= 4 is 22.5 Å². The minimum atomic E-state index is 0.569. The molecule has 6 heteroatoms. The van der Waals surface area contributed by atoms with Gasteiger partial charge in [0.05, 0.1) is 19.9 Å². The Kier molecular flexibility index (Phi) is 5.46. The summed E-state index contributed by atoms with van der Waals surface area (Å²) in [5.41, 5.74) is 2.26. The maximum absolute atomic E-state index is 5.60. The van der Waals surface area contributed by atoms with Crippen LogP contribution in [0.1, 0.15) is 11.3 Å². The highest BCUT2D eigenvalue weighted by Gasteiger charge is 2.16. The Morgan fingerprint density at radius 1 is 0.903 bits per heavy atom.